The number of fused-ring (bicyclic) bond motifs is 3. The molecule has 3 aromatic carbocycles. The highest BCUT2D eigenvalue weighted by Crippen LogP contribution is 2.40. The van der Waals surface area contributed by atoms with E-state index in [-0.39, 0.29) is 18.0 Å². The number of aryl methyl sites for hydroxylation is 1. The van der Waals surface area contributed by atoms with E-state index in [1.807, 2.05) is 35.2 Å². The zero-order valence-electron chi connectivity index (χ0n) is 18.8. The van der Waals surface area contributed by atoms with Crippen LogP contribution in [-0.2, 0) is 21.1 Å². The third-order valence-electron chi connectivity index (χ3n) is 7.29. The first-order valence-electron chi connectivity index (χ1n) is 11.6. The van der Waals surface area contributed by atoms with E-state index in [2.05, 4.69) is 12.1 Å². The lowest BCUT2D eigenvalue weighted by Gasteiger charge is -2.39. The van der Waals surface area contributed by atoms with Crippen LogP contribution in [0.5, 0.6) is 5.75 Å². The minimum absolute atomic E-state index is 0.00847. The standard InChI is InChI=1S/C27H29NO4S/c1-32-26-15-11-19-7-5-6-10-24(19)25(26)14-16-27(29)28-20-12-13-21(28)18-23(17-20)33(30,31)22-8-3-2-4-9-22/h2-11,15,20-21,23H,12-14,16-18H2,1H3. The van der Waals surface area contributed by atoms with Gasteiger partial charge < -0.3 is 9.64 Å². The van der Waals surface area contributed by atoms with Gasteiger partial charge in [0.2, 0.25) is 5.91 Å². The summed E-state index contributed by atoms with van der Waals surface area (Å²) in [7, 11) is -1.72. The van der Waals surface area contributed by atoms with Crippen LogP contribution in [0, 0.1) is 0 Å². The summed E-state index contributed by atoms with van der Waals surface area (Å²) in [6.45, 7) is 0. The van der Waals surface area contributed by atoms with Gasteiger partial charge in [-0.1, -0.05) is 48.5 Å². The lowest BCUT2D eigenvalue weighted by Crippen LogP contribution is -2.49. The Morgan fingerprint density at radius 3 is 2.30 bits per heavy atom. The Labute approximate surface area is 195 Å². The third-order valence-corrected chi connectivity index (χ3v) is 9.49. The van der Waals surface area contributed by atoms with Crippen LogP contribution in [0.15, 0.2) is 71.6 Å². The quantitative estimate of drug-likeness (QED) is 0.528. The first kappa shape index (κ1) is 22.0. The molecule has 6 heteroatoms. The number of amides is 1. The fourth-order valence-electron chi connectivity index (χ4n) is 5.72. The van der Waals surface area contributed by atoms with Crippen LogP contribution in [0.2, 0.25) is 0 Å². The molecular weight excluding hydrogens is 434 g/mol. The van der Waals surface area contributed by atoms with Crippen molar-refractivity contribution in [3.8, 4) is 5.75 Å². The van der Waals surface area contributed by atoms with Crippen LogP contribution in [-0.4, -0.2) is 43.7 Å². The minimum atomic E-state index is -3.38. The lowest BCUT2D eigenvalue weighted by molar-refractivity contribution is -0.135. The van der Waals surface area contributed by atoms with Crippen LogP contribution in [0.3, 0.4) is 0 Å². The van der Waals surface area contributed by atoms with E-state index >= 15 is 0 Å². The smallest absolute Gasteiger partial charge is 0.223 e. The zero-order chi connectivity index (χ0) is 23.0. The molecule has 2 heterocycles. The number of piperidine rings is 1. The Kier molecular flexibility index (Phi) is 5.87. The molecule has 2 bridgehead atoms. The summed E-state index contributed by atoms with van der Waals surface area (Å²) < 4.78 is 31.9. The first-order chi connectivity index (χ1) is 16.0. The lowest BCUT2D eigenvalue weighted by atomic mass is 9.98. The van der Waals surface area contributed by atoms with E-state index in [4.69, 9.17) is 4.74 Å². The van der Waals surface area contributed by atoms with Crippen molar-refractivity contribution in [1.29, 1.82) is 0 Å². The molecule has 0 N–H and O–H groups in total. The molecule has 2 atom stereocenters. The van der Waals surface area contributed by atoms with Crippen LogP contribution in [0.25, 0.3) is 10.8 Å². The third kappa shape index (κ3) is 4.01. The van der Waals surface area contributed by atoms with Crippen LogP contribution in [0.1, 0.15) is 37.7 Å². The number of rotatable bonds is 6. The van der Waals surface area contributed by atoms with Gasteiger partial charge in [0.25, 0.3) is 0 Å². The van der Waals surface area contributed by atoms with E-state index in [0.29, 0.717) is 30.6 Å². The Morgan fingerprint density at radius 2 is 1.61 bits per heavy atom. The van der Waals surface area contributed by atoms with Gasteiger partial charge in [-0.05, 0) is 61.1 Å². The summed E-state index contributed by atoms with van der Waals surface area (Å²) in [6, 6.07) is 20.9. The molecule has 2 saturated heterocycles. The van der Waals surface area contributed by atoms with E-state index in [0.717, 1.165) is 34.9 Å². The van der Waals surface area contributed by atoms with E-state index in [9.17, 15) is 13.2 Å². The van der Waals surface area contributed by atoms with Gasteiger partial charge in [0.15, 0.2) is 9.84 Å². The molecule has 5 nitrogen and oxygen atoms in total. The highest BCUT2D eigenvalue weighted by Gasteiger charge is 2.46. The van der Waals surface area contributed by atoms with Crippen molar-refractivity contribution >= 4 is 26.5 Å². The molecule has 1 amide bonds. The normalized spacial score (nSPS) is 22.5. The second-order valence-corrected chi connectivity index (χ2v) is 11.3. The van der Waals surface area contributed by atoms with Gasteiger partial charge in [0.05, 0.1) is 17.3 Å². The van der Waals surface area contributed by atoms with Gasteiger partial charge >= 0.3 is 0 Å². The number of carbonyl (C=O) groups is 1. The van der Waals surface area contributed by atoms with Crippen molar-refractivity contribution in [3.63, 3.8) is 0 Å². The molecule has 2 aliphatic heterocycles. The molecule has 172 valence electrons. The first-order valence-corrected chi connectivity index (χ1v) is 13.2. The summed E-state index contributed by atoms with van der Waals surface area (Å²) in [5.41, 5.74) is 1.05. The molecule has 0 radical (unpaired) electrons. The number of hydrogen-bond donors (Lipinski definition) is 0. The highest BCUT2D eigenvalue weighted by molar-refractivity contribution is 7.92. The monoisotopic (exact) mass is 463 g/mol. The highest BCUT2D eigenvalue weighted by atomic mass is 32.2. The molecule has 2 fully saturated rings. The largest absolute Gasteiger partial charge is 0.496 e. The Hall–Kier alpha value is -2.86. The van der Waals surface area contributed by atoms with Gasteiger partial charge in [-0.2, -0.15) is 0 Å². The number of nitrogens with zero attached hydrogens (tertiary/aromatic N) is 1. The molecule has 0 aliphatic carbocycles. The maximum absolute atomic E-state index is 13.3. The molecule has 2 unspecified atom stereocenters. The van der Waals surface area contributed by atoms with Crippen molar-refractivity contribution in [3.05, 3.63) is 72.3 Å². The molecule has 0 spiro atoms. The number of methoxy groups -OCH3 is 1. The predicted octanol–water partition coefficient (Wildman–Crippen LogP) is 4.78. The molecular formula is C27H29NO4S. The topological polar surface area (TPSA) is 63.7 Å². The molecule has 0 aromatic heterocycles. The fourth-order valence-corrected chi connectivity index (χ4v) is 7.59. The van der Waals surface area contributed by atoms with Gasteiger partial charge in [-0.3, -0.25) is 4.79 Å². The Balaban J connectivity index is 1.31. The van der Waals surface area contributed by atoms with Crippen molar-refractivity contribution < 1.29 is 17.9 Å². The summed E-state index contributed by atoms with van der Waals surface area (Å²) in [4.78, 5) is 15.7. The summed E-state index contributed by atoms with van der Waals surface area (Å²) in [5.74, 6) is 0.921. The van der Waals surface area contributed by atoms with Crippen LogP contribution < -0.4 is 4.74 Å². The fraction of sp³-hybridized carbons (Fsp3) is 0.370. The van der Waals surface area contributed by atoms with E-state index in [1.54, 1.807) is 31.4 Å². The van der Waals surface area contributed by atoms with Gasteiger partial charge in [-0.25, -0.2) is 8.42 Å². The van der Waals surface area contributed by atoms with Crippen LogP contribution >= 0.6 is 0 Å². The van der Waals surface area contributed by atoms with Gasteiger partial charge in [-0.15, -0.1) is 0 Å². The van der Waals surface area contributed by atoms with Crippen molar-refractivity contribution in [2.45, 2.75) is 60.8 Å². The summed E-state index contributed by atoms with van der Waals surface area (Å²) in [6.07, 6.45) is 3.82. The molecule has 2 aliphatic rings. The predicted molar refractivity (Wildman–Crippen MR) is 129 cm³/mol. The second kappa shape index (κ2) is 8.82. The van der Waals surface area contributed by atoms with Crippen molar-refractivity contribution in [1.82, 2.24) is 4.90 Å². The number of sulfone groups is 1. The maximum atomic E-state index is 13.3. The minimum Gasteiger partial charge on any atom is -0.496 e. The maximum Gasteiger partial charge on any atom is 0.223 e. The zero-order valence-corrected chi connectivity index (χ0v) is 19.6. The summed E-state index contributed by atoms with van der Waals surface area (Å²) in [5, 5.41) is 1.83. The number of benzene rings is 3. The van der Waals surface area contributed by atoms with E-state index in [1.165, 1.54) is 0 Å². The number of hydrogen-bond acceptors (Lipinski definition) is 4. The Morgan fingerprint density at radius 1 is 0.939 bits per heavy atom. The SMILES string of the molecule is COc1ccc2ccccc2c1CCC(=O)N1C2CCC1CC(S(=O)(=O)c1ccccc1)C2. The van der Waals surface area contributed by atoms with Gasteiger partial charge in [0.1, 0.15) is 5.75 Å². The molecule has 33 heavy (non-hydrogen) atoms. The average Bonchev–Trinajstić information content (AvgIpc) is 3.11. The van der Waals surface area contributed by atoms with Crippen molar-refractivity contribution in [2.24, 2.45) is 0 Å². The number of ether oxygens (including phenoxy) is 1. The molecule has 5 rings (SSSR count). The second-order valence-electron chi connectivity index (χ2n) is 9.10. The molecule has 3 aromatic rings. The summed E-state index contributed by atoms with van der Waals surface area (Å²) >= 11 is 0. The van der Waals surface area contributed by atoms with Gasteiger partial charge in [0, 0.05) is 24.1 Å². The Bertz CT molecular complexity index is 1260. The van der Waals surface area contributed by atoms with Crippen LogP contribution in [0.4, 0.5) is 0 Å². The van der Waals surface area contributed by atoms with E-state index < -0.39 is 15.1 Å². The average molecular weight is 464 g/mol. The van der Waals surface area contributed by atoms with Crippen molar-refractivity contribution in [2.75, 3.05) is 7.11 Å². The number of carbonyl (C=O) groups excluding carboxylic acids is 1. The molecule has 0 saturated carbocycles.